The highest BCUT2D eigenvalue weighted by Gasteiger charge is 2.38. The Morgan fingerprint density at radius 3 is 1.56 bits per heavy atom. The van der Waals surface area contributed by atoms with Crippen molar-refractivity contribution in [3.63, 3.8) is 0 Å². The van der Waals surface area contributed by atoms with Gasteiger partial charge in [0.15, 0.2) is 0 Å². The van der Waals surface area contributed by atoms with E-state index in [0.29, 0.717) is 0 Å². The van der Waals surface area contributed by atoms with Crippen LogP contribution in [0.1, 0.15) is 13.8 Å². The first-order valence-electron chi connectivity index (χ1n) is 2.60. The maximum Gasteiger partial charge on any atom is 0.394 e. The lowest BCUT2D eigenvalue weighted by molar-refractivity contribution is -0.191. The van der Waals surface area contributed by atoms with Crippen molar-refractivity contribution in [1.82, 2.24) is 0 Å². The van der Waals surface area contributed by atoms with Crippen LogP contribution in [-0.2, 0) is 0 Å². The van der Waals surface area contributed by atoms with Gasteiger partial charge in [-0.1, -0.05) is 6.92 Å². The van der Waals surface area contributed by atoms with Crippen LogP contribution in [-0.4, -0.2) is 17.4 Å². The van der Waals surface area contributed by atoms with Crippen molar-refractivity contribution in [2.24, 2.45) is 5.92 Å². The lowest BCUT2D eigenvalue weighted by Crippen LogP contribution is -2.29. The van der Waals surface area contributed by atoms with E-state index >= 15 is 0 Å². The SMILES string of the molecule is CC(O)[C@H](C)C(F)(F)F. The summed E-state index contributed by atoms with van der Waals surface area (Å²) < 4.78 is 34.6. The van der Waals surface area contributed by atoms with Crippen LogP contribution in [0.3, 0.4) is 0 Å². The van der Waals surface area contributed by atoms with Crippen LogP contribution in [0.15, 0.2) is 0 Å². The van der Waals surface area contributed by atoms with Gasteiger partial charge in [-0.15, -0.1) is 0 Å². The predicted molar refractivity (Wildman–Crippen MR) is 26.9 cm³/mol. The van der Waals surface area contributed by atoms with Gasteiger partial charge in [-0.3, -0.25) is 0 Å². The molecule has 56 valence electrons. The number of alkyl halides is 3. The summed E-state index contributed by atoms with van der Waals surface area (Å²) in [7, 11) is 0. The number of aliphatic hydroxyl groups excluding tert-OH is 1. The first kappa shape index (κ1) is 8.75. The quantitative estimate of drug-likeness (QED) is 0.589. The van der Waals surface area contributed by atoms with Gasteiger partial charge in [-0.05, 0) is 6.92 Å². The Labute approximate surface area is 51.5 Å². The molecular formula is C5H9F3O. The Kier molecular flexibility index (Phi) is 2.49. The highest BCUT2D eigenvalue weighted by atomic mass is 19.4. The normalized spacial score (nSPS) is 19.3. The lowest BCUT2D eigenvalue weighted by atomic mass is 10.1. The molecular weight excluding hydrogens is 133 g/mol. The van der Waals surface area contributed by atoms with E-state index < -0.39 is 18.2 Å². The van der Waals surface area contributed by atoms with Gasteiger partial charge < -0.3 is 5.11 Å². The van der Waals surface area contributed by atoms with Gasteiger partial charge in [0.2, 0.25) is 0 Å². The molecule has 0 aromatic rings. The molecule has 0 rings (SSSR count). The first-order chi connectivity index (χ1) is 3.85. The highest BCUT2D eigenvalue weighted by molar-refractivity contribution is 4.66. The van der Waals surface area contributed by atoms with E-state index in [1.54, 1.807) is 0 Å². The van der Waals surface area contributed by atoms with Crippen molar-refractivity contribution in [3.8, 4) is 0 Å². The Morgan fingerprint density at radius 2 is 1.56 bits per heavy atom. The first-order valence-corrected chi connectivity index (χ1v) is 2.60. The number of rotatable bonds is 1. The zero-order chi connectivity index (χ0) is 7.65. The lowest BCUT2D eigenvalue weighted by Gasteiger charge is -2.17. The zero-order valence-electron chi connectivity index (χ0n) is 5.24. The van der Waals surface area contributed by atoms with Crippen LogP contribution in [0.25, 0.3) is 0 Å². The van der Waals surface area contributed by atoms with Gasteiger partial charge >= 0.3 is 6.18 Å². The van der Waals surface area contributed by atoms with Gasteiger partial charge in [0.1, 0.15) is 0 Å². The van der Waals surface area contributed by atoms with Crippen LogP contribution in [0.5, 0.6) is 0 Å². The van der Waals surface area contributed by atoms with Gasteiger partial charge in [0, 0.05) is 0 Å². The van der Waals surface area contributed by atoms with E-state index in [9.17, 15) is 13.2 Å². The van der Waals surface area contributed by atoms with Crippen molar-refractivity contribution in [2.45, 2.75) is 26.1 Å². The van der Waals surface area contributed by atoms with E-state index in [1.807, 2.05) is 0 Å². The minimum absolute atomic E-state index is 0.949. The predicted octanol–water partition coefficient (Wildman–Crippen LogP) is 1.57. The molecule has 0 heterocycles. The van der Waals surface area contributed by atoms with Crippen LogP contribution in [0.4, 0.5) is 13.2 Å². The summed E-state index contributed by atoms with van der Waals surface area (Å²) in [4.78, 5) is 0. The van der Waals surface area contributed by atoms with Gasteiger partial charge in [0.05, 0.1) is 12.0 Å². The minimum Gasteiger partial charge on any atom is -0.393 e. The molecule has 0 aliphatic carbocycles. The molecule has 0 spiro atoms. The summed E-state index contributed by atoms with van der Waals surface area (Å²) in [6.45, 7) is 2.07. The Hall–Kier alpha value is -0.250. The molecule has 0 aliphatic rings. The molecule has 0 saturated heterocycles. The molecule has 0 bridgehead atoms. The average Bonchev–Trinajstić information content (AvgIpc) is 1.62. The second kappa shape index (κ2) is 2.56. The average molecular weight is 142 g/mol. The summed E-state index contributed by atoms with van der Waals surface area (Å²) in [5.41, 5.74) is 0. The summed E-state index contributed by atoms with van der Waals surface area (Å²) in [5, 5.41) is 8.44. The standard InChI is InChI=1S/C5H9F3O/c1-3(4(2)9)5(6,7)8/h3-4,9H,1-2H3/t3-,4?/m0/s1. The summed E-state index contributed by atoms with van der Waals surface area (Å²) in [6, 6.07) is 0. The molecule has 0 aromatic heterocycles. The van der Waals surface area contributed by atoms with Crippen molar-refractivity contribution >= 4 is 0 Å². The Morgan fingerprint density at radius 1 is 1.22 bits per heavy atom. The molecule has 0 fully saturated rings. The van der Waals surface area contributed by atoms with E-state index in [1.165, 1.54) is 0 Å². The third-order valence-electron chi connectivity index (χ3n) is 1.24. The van der Waals surface area contributed by atoms with E-state index in [4.69, 9.17) is 5.11 Å². The minimum atomic E-state index is -4.27. The van der Waals surface area contributed by atoms with Crippen molar-refractivity contribution < 1.29 is 18.3 Å². The third kappa shape index (κ3) is 2.70. The Balaban J connectivity index is 3.88. The molecule has 1 N–H and O–H groups in total. The number of aliphatic hydroxyl groups is 1. The monoisotopic (exact) mass is 142 g/mol. The maximum absolute atomic E-state index is 11.5. The van der Waals surface area contributed by atoms with Crippen molar-refractivity contribution in [1.29, 1.82) is 0 Å². The van der Waals surface area contributed by atoms with Crippen LogP contribution >= 0.6 is 0 Å². The van der Waals surface area contributed by atoms with E-state index in [0.717, 1.165) is 13.8 Å². The number of halogens is 3. The van der Waals surface area contributed by atoms with Crippen LogP contribution in [0.2, 0.25) is 0 Å². The van der Waals surface area contributed by atoms with E-state index in [-0.39, 0.29) is 0 Å². The van der Waals surface area contributed by atoms with Crippen molar-refractivity contribution in [3.05, 3.63) is 0 Å². The Bertz CT molecular complexity index is 86.7. The molecule has 0 aliphatic heterocycles. The molecule has 0 saturated carbocycles. The molecule has 0 amide bonds. The molecule has 9 heavy (non-hydrogen) atoms. The topological polar surface area (TPSA) is 20.2 Å². The molecule has 0 aromatic carbocycles. The highest BCUT2D eigenvalue weighted by Crippen LogP contribution is 2.27. The van der Waals surface area contributed by atoms with Crippen molar-refractivity contribution in [2.75, 3.05) is 0 Å². The summed E-state index contributed by atoms with van der Waals surface area (Å²) >= 11 is 0. The second-order valence-corrected chi connectivity index (χ2v) is 2.07. The fourth-order valence-corrected chi connectivity index (χ4v) is 0.273. The summed E-state index contributed by atoms with van der Waals surface area (Å²) in [6.07, 6.45) is -5.58. The third-order valence-corrected chi connectivity index (χ3v) is 1.24. The summed E-state index contributed by atoms with van der Waals surface area (Å²) in [5.74, 6) is -1.63. The van der Waals surface area contributed by atoms with Gasteiger partial charge in [0.25, 0.3) is 0 Å². The number of hydrogen-bond donors (Lipinski definition) is 1. The molecule has 4 heteroatoms. The van der Waals surface area contributed by atoms with Gasteiger partial charge in [-0.25, -0.2) is 0 Å². The second-order valence-electron chi connectivity index (χ2n) is 2.07. The van der Waals surface area contributed by atoms with E-state index in [2.05, 4.69) is 0 Å². The number of hydrogen-bond acceptors (Lipinski definition) is 1. The fourth-order valence-electron chi connectivity index (χ4n) is 0.273. The molecule has 0 radical (unpaired) electrons. The molecule has 2 atom stereocenters. The smallest absolute Gasteiger partial charge is 0.393 e. The molecule has 1 nitrogen and oxygen atoms in total. The molecule has 1 unspecified atom stereocenters. The largest absolute Gasteiger partial charge is 0.394 e. The van der Waals surface area contributed by atoms with Crippen LogP contribution < -0.4 is 0 Å². The van der Waals surface area contributed by atoms with Crippen LogP contribution in [0, 0.1) is 5.92 Å². The van der Waals surface area contributed by atoms with Gasteiger partial charge in [-0.2, -0.15) is 13.2 Å². The zero-order valence-corrected chi connectivity index (χ0v) is 5.24. The maximum atomic E-state index is 11.5. The fraction of sp³-hybridized carbons (Fsp3) is 1.00.